The first-order valence-corrected chi connectivity index (χ1v) is 10.1. The number of fused-ring (bicyclic) bond motifs is 1. The van der Waals surface area contributed by atoms with Crippen LogP contribution in [0.2, 0.25) is 0 Å². The number of rotatable bonds is 6. The number of nitrogens with zero attached hydrogens (tertiary/aromatic N) is 3. The Kier molecular flexibility index (Phi) is 5.65. The van der Waals surface area contributed by atoms with Gasteiger partial charge < -0.3 is 5.11 Å². The van der Waals surface area contributed by atoms with Gasteiger partial charge in [-0.15, -0.1) is 0 Å². The highest BCUT2D eigenvalue weighted by atomic mass is 32.1. The van der Waals surface area contributed by atoms with Crippen molar-refractivity contribution in [2.45, 2.75) is 6.42 Å². The number of ketones is 1. The van der Waals surface area contributed by atoms with Crippen LogP contribution in [0, 0.1) is 11.3 Å². The van der Waals surface area contributed by atoms with E-state index >= 15 is 0 Å². The number of benzene rings is 3. The van der Waals surface area contributed by atoms with Gasteiger partial charge in [0, 0.05) is 17.6 Å². The number of aliphatic carboxylic acids is 1. The van der Waals surface area contributed by atoms with Crippen LogP contribution in [0.5, 0.6) is 0 Å². The van der Waals surface area contributed by atoms with Crippen LogP contribution in [0.15, 0.2) is 78.4 Å². The minimum Gasteiger partial charge on any atom is -0.478 e. The van der Waals surface area contributed by atoms with Crippen molar-refractivity contribution < 1.29 is 14.7 Å². The summed E-state index contributed by atoms with van der Waals surface area (Å²) in [7, 11) is 0. The predicted molar refractivity (Wildman–Crippen MR) is 118 cm³/mol. The summed E-state index contributed by atoms with van der Waals surface area (Å²) in [6.07, 6.45) is 0.106. The fraction of sp³-hybridized carbons (Fsp3) is 0.0417. The number of allylic oxidation sites excluding steroid dienone is 1. The Hall–Kier alpha value is -4.15. The molecule has 4 aromatic rings. The molecule has 0 aliphatic rings. The van der Waals surface area contributed by atoms with E-state index in [-0.39, 0.29) is 23.4 Å². The predicted octanol–water partition coefficient (Wildman–Crippen LogP) is 4.53. The Morgan fingerprint density at radius 3 is 2.29 bits per heavy atom. The first kappa shape index (κ1) is 20.1. The molecule has 31 heavy (non-hydrogen) atoms. The number of nitriles is 1. The van der Waals surface area contributed by atoms with E-state index in [0.717, 1.165) is 17.3 Å². The number of carbonyl (C=O) groups excluding carboxylic acids is 1. The van der Waals surface area contributed by atoms with Crippen molar-refractivity contribution in [1.82, 2.24) is 8.75 Å². The number of Topliss-reactive ketones (excluding diaryl/α,β-unsaturated/α-hetero) is 1. The van der Waals surface area contributed by atoms with Crippen molar-refractivity contribution >= 4 is 40.1 Å². The number of hydrogen-bond acceptors (Lipinski definition) is 6. The largest absolute Gasteiger partial charge is 0.478 e. The van der Waals surface area contributed by atoms with Crippen molar-refractivity contribution in [1.29, 1.82) is 5.26 Å². The fourth-order valence-corrected chi connectivity index (χ4v) is 3.83. The number of carbonyl (C=O) groups is 2. The highest BCUT2D eigenvalue weighted by Gasteiger charge is 2.24. The summed E-state index contributed by atoms with van der Waals surface area (Å²) >= 11 is 1.04. The van der Waals surface area contributed by atoms with Crippen LogP contribution in [-0.2, 0) is 11.2 Å². The molecule has 4 rings (SSSR count). The summed E-state index contributed by atoms with van der Waals surface area (Å²) in [5.74, 6) is -1.56. The Labute approximate surface area is 182 Å². The summed E-state index contributed by atoms with van der Waals surface area (Å²) < 4.78 is 8.34. The highest BCUT2D eigenvalue weighted by molar-refractivity contribution is 7.00. The minimum absolute atomic E-state index is 0.0758. The topological polar surface area (TPSA) is 104 Å². The molecule has 0 bridgehead atoms. The van der Waals surface area contributed by atoms with Gasteiger partial charge in [-0.2, -0.15) is 14.0 Å². The van der Waals surface area contributed by atoms with Crippen LogP contribution >= 0.6 is 11.7 Å². The normalized spacial score (nSPS) is 11.6. The summed E-state index contributed by atoms with van der Waals surface area (Å²) in [5, 5.41) is 19.1. The SMILES string of the molecule is N#Cc1ccc(C/C(C(=O)c2ccccc2)=C(\C(=O)O)c2ccc3nsnc3c2)cc1. The van der Waals surface area contributed by atoms with Crippen LogP contribution in [0.3, 0.4) is 0 Å². The van der Waals surface area contributed by atoms with Gasteiger partial charge in [-0.25, -0.2) is 4.79 Å². The molecule has 1 heterocycles. The molecular formula is C24H15N3O3S. The molecule has 0 aliphatic carbocycles. The molecule has 0 amide bonds. The summed E-state index contributed by atoms with van der Waals surface area (Å²) in [6.45, 7) is 0. The molecule has 6 nitrogen and oxygen atoms in total. The standard InChI is InChI=1S/C24H15N3O3S/c25-14-16-8-6-15(7-9-16)12-19(23(28)17-4-2-1-3-5-17)22(24(29)30)18-10-11-20-21(13-18)27-31-26-20/h1-11,13H,12H2,(H,29,30)/b22-19+. The average molecular weight is 425 g/mol. The third-order valence-electron chi connectivity index (χ3n) is 4.83. The van der Waals surface area contributed by atoms with Gasteiger partial charge in [0.05, 0.1) is 28.9 Å². The van der Waals surface area contributed by atoms with Gasteiger partial charge in [-0.1, -0.05) is 48.5 Å². The van der Waals surface area contributed by atoms with E-state index in [0.29, 0.717) is 27.7 Å². The highest BCUT2D eigenvalue weighted by Crippen LogP contribution is 2.28. The zero-order valence-corrected chi connectivity index (χ0v) is 17.0. The lowest BCUT2D eigenvalue weighted by Crippen LogP contribution is -2.14. The summed E-state index contributed by atoms with van der Waals surface area (Å²) in [4.78, 5) is 25.8. The first-order chi connectivity index (χ1) is 15.1. The molecule has 7 heteroatoms. The third-order valence-corrected chi connectivity index (χ3v) is 5.39. The average Bonchev–Trinajstić information content (AvgIpc) is 3.27. The second-order valence-corrected chi connectivity index (χ2v) is 7.34. The monoisotopic (exact) mass is 425 g/mol. The van der Waals surface area contributed by atoms with E-state index in [4.69, 9.17) is 5.26 Å². The van der Waals surface area contributed by atoms with Crippen molar-refractivity contribution in [2.24, 2.45) is 0 Å². The third kappa shape index (κ3) is 4.25. The van der Waals surface area contributed by atoms with Crippen LogP contribution in [0.1, 0.15) is 27.0 Å². The molecule has 3 aromatic carbocycles. The van der Waals surface area contributed by atoms with Crippen LogP contribution in [0.4, 0.5) is 0 Å². The molecule has 1 N–H and O–H groups in total. The minimum atomic E-state index is -1.20. The fourth-order valence-electron chi connectivity index (χ4n) is 3.31. The number of hydrogen-bond donors (Lipinski definition) is 1. The Balaban J connectivity index is 1.90. The van der Waals surface area contributed by atoms with Crippen LogP contribution < -0.4 is 0 Å². The molecule has 0 aliphatic heterocycles. The quantitative estimate of drug-likeness (QED) is 0.360. The molecule has 0 fully saturated rings. The van der Waals surface area contributed by atoms with E-state index in [9.17, 15) is 14.7 Å². The smallest absolute Gasteiger partial charge is 0.336 e. The second-order valence-electron chi connectivity index (χ2n) is 6.81. The Morgan fingerprint density at radius 1 is 0.903 bits per heavy atom. The van der Waals surface area contributed by atoms with Gasteiger partial charge in [0.1, 0.15) is 11.0 Å². The molecule has 0 atom stereocenters. The maximum atomic E-state index is 13.4. The molecule has 0 radical (unpaired) electrons. The van der Waals surface area contributed by atoms with Crippen molar-refractivity contribution in [2.75, 3.05) is 0 Å². The maximum Gasteiger partial charge on any atom is 0.336 e. The van der Waals surface area contributed by atoms with E-state index in [2.05, 4.69) is 14.8 Å². The summed E-state index contributed by atoms with van der Waals surface area (Å²) in [5.41, 5.74) is 3.34. The van der Waals surface area contributed by atoms with E-state index < -0.39 is 5.97 Å². The van der Waals surface area contributed by atoms with Crippen LogP contribution in [-0.4, -0.2) is 25.6 Å². The lowest BCUT2D eigenvalue weighted by Gasteiger charge is -2.13. The molecule has 0 saturated carbocycles. The van der Waals surface area contributed by atoms with E-state index in [1.165, 1.54) is 0 Å². The Morgan fingerprint density at radius 2 is 1.61 bits per heavy atom. The zero-order valence-electron chi connectivity index (χ0n) is 16.1. The zero-order chi connectivity index (χ0) is 21.8. The maximum absolute atomic E-state index is 13.4. The van der Waals surface area contributed by atoms with Crippen molar-refractivity contribution in [3.8, 4) is 6.07 Å². The summed E-state index contributed by atoms with van der Waals surface area (Å²) in [6, 6.07) is 22.4. The molecule has 0 unspecified atom stereocenters. The molecule has 0 saturated heterocycles. The molecule has 0 spiro atoms. The van der Waals surface area contributed by atoms with Gasteiger partial charge >= 0.3 is 5.97 Å². The lowest BCUT2D eigenvalue weighted by atomic mass is 9.89. The molecular weight excluding hydrogens is 410 g/mol. The van der Waals surface area contributed by atoms with Crippen molar-refractivity contribution in [3.05, 3.63) is 101 Å². The van der Waals surface area contributed by atoms with Gasteiger partial charge in [0.2, 0.25) is 0 Å². The first-order valence-electron chi connectivity index (χ1n) is 9.35. The van der Waals surface area contributed by atoms with Gasteiger partial charge in [0.15, 0.2) is 5.78 Å². The lowest BCUT2D eigenvalue weighted by molar-refractivity contribution is -0.130. The van der Waals surface area contributed by atoms with Crippen LogP contribution in [0.25, 0.3) is 16.6 Å². The van der Waals surface area contributed by atoms with E-state index in [1.807, 2.05) is 0 Å². The van der Waals surface area contributed by atoms with Gasteiger partial charge in [0.25, 0.3) is 0 Å². The van der Waals surface area contributed by atoms with Crippen molar-refractivity contribution in [3.63, 3.8) is 0 Å². The number of carboxylic acid groups (broad SMARTS) is 1. The Bertz CT molecular complexity index is 1350. The number of carboxylic acids is 1. The molecule has 150 valence electrons. The van der Waals surface area contributed by atoms with Gasteiger partial charge in [-0.05, 0) is 35.4 Å². The molecule has 1 aromatic heterocycles. The van der Waals surface area contributed by atoms with Gasteiger partial charge in [-0.3, -0.25) is 4.79 Å². The number of aromatic nitrogens is 2. The second kappa shape index (κ2) is 8.69. The van der Waals surface area contributed by atoms with E-state index in [1.54, 1.807) is 72.8 Å².